The molecule has 3 fully saturated rings. The molecule has 5 atom stereocenters. The van der Waals surface area contributed by atoms with Crippen LogP contribution in [-0.4, -0.2) is 6.71 Å². The molecule has 13 rings (SSSR count). The minimum atomic E-state index is -0.0523. The van der Waals surface area contributed by atoms with Gasteiger partial charge >= 0.3 is 0 Å². The van der Waals surface area contributed by atoms with Crippen molar-refractivity contribution in [2.75, 3.05) is 9.80 Å². The standard InChI is InChI=1S/C59H65BN2O/c1-55(2)22-23-56(3,4)44-30-40(19-20-43(44)55)61-48-16-13-17-49-52(48)60(47-31-45-46(32-50(47)61)58(7,8)25-24-57(45,5)6)54-53(62(49)39-14-11-10-12-15-39)42-29-38(18-21-51(42)63-54)59(9)33-35-26-36-28-37(34-59)41(36)27-35/h10-21,29-32,35-37,41H,22-28,33-34H2,1-9H3/t35?,36?,37-,41-,59?/m1/s1. The predicted octanol–water partition coefficient (Wildman–Crippen LogP) is 13.9. The number of para-hydroxylation sites is 1. The van der Waals surface area contributed by atoms with E-state index in [9.17, 15) is 0 Å². The van der Waals surface area contributed by atoms with Gasteiger partial charge in [-0.05, 0) is 202 Å². The molecule has 0 radical (unpaired) electrons. The molecule has 63 heavy (non-hydrogen) atoms. The smallest absolute Gasteiger partial charge is 0.297 e. The summed E-state index contributed by atoms with van der Waals surface area (Å²) in [5.41, 5.74) is 20.4. The summed E-state index contributed by atoms with van der Waals surface area (Å²) in [4.78, 5) is 5.22. The molecule has 2 bridgehead atoms. The van der Waals surface area contributed by atoms with E-state index in [1.54, 1.807) is 0 Å². The van der Waals surface area contributed by atoms with Crippen molar-refractivity contribution in [2.45, 2.75) is 147 Å². The first-order valence-corrected chi connectivity index (χ1v) is 24.7. The van der Waals surface area contributed by atoms with E-state index in [-0.39, 0.29) is 33.8 Å². The summed E-state index contributed by atoms with van der Waals surface area (Å²) in [6, 6.07) is 38.4. The normalized spacial score (nSPS) is 28.3. The van der Waals surface area contributed by atoms with Gasteiger partial charge in [0.25, 0.3) is 6.71 Å². The minimum Gasteiger partial charge on any atom is -0.468 e. The van der Waals surface area contributed by atoms with Gasteiger partial charge in [0.2, 0.25) is 0 Å². The van der Waals surface area contributed by atoms with Gasteiger partial charge in [-0.3, -0.25) is 0 Å². The Morgan fingerprint density at radius 1 is 0.540 bits per heavy atom. The molecular formula is C59H65BN2O. The zero-order valence-electron chi connectivity index (χ0n) is 39.3. The molecule has 3 saturated carbocycles. The number of hydrogen-bond acceptors (Lipinski definition) is 3. The highest BCUT2D eigenvalue weighted by molar-refractivity contribution is 7.00. The summed E-state index contributed by atoms with van der Waals surface area (Å²) in [5.74, 6) is 3.75. The van der Waals surface area contributed by atoms with Crippen LogP contribution in [0.3, 0.4) is 0 Å². The van der Waals surface area contributed by atoms with Crippen LogP contribution in [0, 0.1) is 23.7 Å². The molecule has 3 heterocycles. The Morgan fingerprint density at radius 2 is 1.21 bits per heavy atom. The molecule has 0 amide bonds. The number of rotatable bonds is 3. The Hall–Kier alpha value is -4.70. The fourth-order valence-corrected chi connectivity index (χ4v) is 15.1. The van der Waals surface area contributed by atoms with Crippen LogP contribution in [0.25, 0.3) is 11.0 Å². The Kier molecular flexibility index (Phi) is 7.72. The van der Waals surface area contributed by atoms with E-state index >= 15 is 0 Å². The Labute approximate surface area is 376 Å². The van der Waals surface area contributed by atoms with Crippen LogP contribution in [0.4, 0.5) is 34.1 Å². The summed E-state index contributed by atoms with van der Waals surface area (Å²) in [7, 11) is 0. The highest BCUT2D eigenvalue weighted by atomic mass is 16.3. The van der Waals surface area contributed by atoms with E-state index < -0.39 is 0 Å². The van der Waals surface area contributed by atoms with Gasteiger partial charge in [0.05, 0.1) is 11.3 Å². The lowest BCUT2D eigenvalue weighted by atomic mass is 9.35. The van der Waals surface area contributed by atoms with Gasteiger partial charge < -0.3 is 14.2 Å². The second kappa shape index (κ2) is 12.6. The first-order chi connectivity index (χ1) is 30.0. The van der Waals surface area contributed by atoms with Gasteiger partial charge in [0.1, 0.15) is 5.58 Å². The van der Waals surface area contributed by atoms with Crippen LogP contribution in [0.5, 0.6) is 0 Å². The van der Waals surface area contributed by atoms with Crippen LogP contribution in [0.2, 0.25) is 0 Å². The SMILES string of the molecule is CC1(C)CCC(C)(C)c2cc(N3c4cc5c(cc4B4c6oc7ccc(C8(C)CC9CC%10C[C@H](C8)[C@@H]%10C9)cc7c6N(c6ccccc6)c6cccc3c64)C(C)(C)CCC5(C)C)ccc21. The van der Waals surface area contributed by atoms with E-state index in [1.165, 1.54) is 136 Å². The van der Waals surface area contributed by atoms with E-state index in [2.05, 4.69) is 169 Å². The van der Waals surface area contributed by atoms with Crippen molar-refractivity contribution in [1.29, 1.82) is 0 Å². The predicted molar refractivity (Wildman–Crippen MR) is 265 cm³/mol. The number of fused-ring (bicyclic) bond motifs is 9. The fourth-order valence-electron chi connectivity index (χ4n) is 15.1. The van der Waals surface area contributed by atoms with Crippen molar-refractivity contribution in [2.24, 2.45) is 23.7 Å². The molecule has 6 aromatic rings. The van der Waals surface area contributed by atoms with Gasteiger partial charge in [0, 0.05) is 33.8 Å². The third-order valence-corrected chi connectivity index (χ3v) is 18.9. The van der Waals surface area contributed by atoms with Crippen LogP contribution in [0.15, 0.2) is 101 Å². The maximum Gasteiger partial charge on any atom is 0.297 e. The van der Waals surface area contributed by atoms with Crippen LogP contribution in [-0.2, 0) is 27.1 Å². The van der Waals surface area contributed by atoms with E-state index in [0.717, 1.165) is 34.9 Å². The van der Waals surface area contributed by atoms with Crippen molar-refractivity contribution < 1.29 is 4.42 Å². The van der Waals surface area contributed by atoms with Crippen LogP contribution >= 0.6 is 0 Å². The summed E-state index contributed by atoms with van der Waals surface area (Å²) in [6.45, 7) is 22.3. The average molecular weight is 829 g/mol. The van der Waals surface area contributed by atoms with Crippen LogP contribution < -0.4 is 26.4 Å². The highest BCUT2D eigenvalue weighted by Crippen LogP contribution is 2.63. The maximum atomic E-state index is 7.47. The zero-order chi connectivity index (χ0) is 43.2. The minimum absolute atomic E-state index is 0.0523. The van der Waals surface area contributed by atoms with Gasteiger partial charge in [-0.15, -0.1) is 0 Å². The quantitative estimate of drug-likeness (QED) is 0.165. The van der Waals surface area contributed by atoms with E-state index in [0.29, 0.717) is 0 Å². The van der Waals surface area contributed by atoms with Gasteiger partial charge in [-0.1, -0.05) is 105 Å². The topological polar surface area (TPSA) is 19.6 Å². The molecule has 3 unspecified atom stereocenters. The zero-order valence-corrected chi connectivity index (χ0v) is 39.3. The van der Waals surface area contributed by atoms with Gasteiger partial charge in [-0.25, -0.2) is 0 Å². The number of benzene rings is 5. The van der Waals surface area contributed by atoms with Crippen molar-refractivity contribution in [3.63, 3.8) is 0 Å². The lowest BCUT2D eigenvalue weighted by molar-refractivity contribution is 0.0700. The molecule has 3 nitrogen and oxygen atoms in total. The summed E-state index contributed by atoms with van der Waals surface area (Å²) < 4.78 is 7.47. The molecule has 320 valence electrons. The molecule has 1 aromatic heterocycles. The van der Waals surface area contributed by atoms with Gasteiger partial charge in [-0.2, -0.15) is 0 Å². The Bertz CT molecular complexity index is 2910. The summed E-state index contributed by atoms with van der Waals surface area (Å²) in [5, 5.41) is 1.26. The number of nitrogens with zero attached hydrogens (tertiary/aromatic N) is 2. The maximum absolute atomic E-state index is 7.47. The van der Waals surface area contributed by atoms with Crippen molar-refractivity contribution in [3.8, 4) is 0 Å². The van der Waals surface area contributed by atoms with Crippen molar-refractivity contribution in [1.82, 2.24) is 0 Å². The first kappa shape index (κ1) is 38.7. The summed E-state index contributed by atoms with van der Waals surface area (Å²) >= 11 is 0. The third-order valence-electron chi connectivity index (χ3n) is 18.9. The fraction of sp³-hybridized carbons (Fsp3) is 0.458. The van der Waals surface area contributed by atoms with E-state index in [4.69, 9.17) is 4.42 Å². The number of furan rings is 1. The third kappa shape index (κ3) is 5.33. The second-order valence-corrected chi connectivity index (χ2v) is 24.6. The number of anilines is 6. The molecule has 0 N–H and O–H groups in total. The number of hydrogen-bond donors (Lipinski definition) is 0. The largest absolute Gasteiger partial charge is 0.468 e. The second-order valence-electron chi connectivity index (χ2n) is 24.6. The molecule has 5 aromatic carbocycles. The highest BCUT2D eigenvalue weighted by Gasteiger charge is 2.54. The Morgan fingerprint density at radius 3 is 1.94 bits per heavy atom. The molecule has 2 aliphatic heterocycles. The van der Waals surface area contributed by atoms with Crippen LogP contribution in [0.1, 0.15) is 148 Å². The molecular weight excluding hydrogens is 763 g/mol. The molecule has 0 spiro atoms. The van der Waals surface area contributed by atoms with Gasteiger partial charge in [0.15, 0.2) is 0 Å². The van der Waals surface area contributed by atoms with E-state index in [1.807, 2.05) is 0 Å². The Balaban J connectivity index is 1.08. The average Bonchev–Trinajstić information content (AvgIpc) is 3.75. The van der Waals surface area contributed by atoms with Crippen molar-refractivity contribution in [3.05, 3.63) is 125 Å². The molecule has 5 aliphatic carbocycles. The first-order valence-electron chi connectivity index (χ1n) is 24.7. The molecule has 7 aliphatic rings. The monoisotopic (exact) mass is 829 g/mol. The lowest BCUT2D eigenvalue weighted by Gasteiger charge is -2.47. The molecule has 0 saturated heterocycles. The van der Waals surface area contributed by atoms with Crippen molar-refractivity contribution >= 4 is 68.4 Å². The molecule has 4 heteroatoms. The lowest BCUT2D eigenvalue weighted by Crippen LogP contribution is -2.61. The summed E-state index contributed by atoms with van der Waals surface area (Å²) in [6.07, 6.45) is 11.8.